The molecule has 0 bridgehead atoms. The predicted octanol–water partition coefficient (Wildman–Crippen LogP) is 5.04. The van der Waals surface area contributed by atoms with Crippen LogP contribution in [0.1, 0.15) is 64.0 Å². The highest BCUT2D eigenvalue weighted by Crippen LogP contribution is 2.44. The van der Waals surface area contributed by atoms with Gasteiger partial charge < -0.3 is 20.1 Å². The zero-order valence-electron chi connectivity index (χ0n) is 21.0. The van der Waals surface area contributed by atoms with Gasteiger partial charge in [0.25, 0.3) is 0 Å². The molecule has 35 heavy (non-hydrogen) atoms. The molecule has 1 aliphatic carbocycles. The number of aliphatic carboxylic acids is 1. The van der Waals surface area contributed by atoms with Crippen LogP contribution in [0.3, 0.4) is 0 Å². The molecule has 0 saturated carbocycles. The van der Waals surface area contributed by atoms with Gasteiger partial charge in [0, 0.05) is 24.9 Å². The van der Waals surface area contributed by atoms with E-state index in [2.05, 4.69) is 29.6 Å². The highest BCUT2D eigenvalue weighted by molar-refractivity contribution is 5.82. The summed E-state index contributed by atoms with van der Waals surface area (Å²) >= 11 is 0. The molecule has 2 aromatic rings. The van der Waals surface area contributed by atoms with Gasteiger partial charge in [0.1, 0.15) is 13.2 Å². The highest BCUT2D eigenvalue weighted by Gasteiger charge is 2.30. The molecule has 3 rings (SSSR count). The third kappa shape index (κ3) is 7.07. The molecule has 1 atom stereocenters. The van der Waals surface area contributed by atoms with Crippen molar-refractivity contribution in [2.75, 3.05) is 19.7 Å². The zero-order valence-corrected chi connectivity index (χ0v) is 21.0. The molecule has 7 nitrogen and oxygen atoms in total. The average molecular weight is 481 g/mol. The van der Waals surface area contributed by atoms with Crippen molar-refractivity contribution in [3.05, 3.63) is 59.7 Å². The molecule has 7 heteroatoms. The van der Waals surface area contributed by atoms with E-state index in [0.717, 1.165) is 28.7 Å². The smallest absolute Gasteiger partial charge is 0.407 e. The third-order valence-electron chi connectivity index (χ3n) is 6.07. The maximum Gasteiger partial charge on any atom is 0.407 e. The molecule has 1 aliphatic rings. The number of nitrogens with one attached hydrogen (secondary N) is 1. The number of carbonyl (C=O) groups excluding carboxylic acids is 2. The van der Waals surface area contributed by atoms with E-state index in [4.69, 9.17) is 4.74 Å². The Kier molecular flexibility index (Phi) is 8.54. The number of carbonyl (C=O) groups is 3. The van der Waals surface area contributed by atoms with Gasteiger partial charge in [-0.05, 0) is 34.1 Å². The summed E-state index contributed by atoms with van der Waals surface area (Å²) in [6.07, 6.45) is 0.812. The third-order valence-corrected chi connectivity index (χ3v) is 6.07. The molecule has 0 fully saturated rings. The van der Waals surface area contributed by atoms with Crippen molar-refractivity contribution in [3.8, 4) is 11.1 Å². The lowest BCUT2D eigenvalue weighted by Crippen LogP contribution is -2.45. The van der Waals surface area contributed by atoms with E-state index in [1.165, 1.54) is 4.90 Å². The Balaban J connectivity index is 1.63. The first-order chi connectivity index (χ1) is 16.6. The fourth-order valence-electron chi connectivity index (χ4n) is 4.69. The van der Waals surface area contributed by atoms with Gasteiger partial charge in [-0.3, -0.25) is 9.59 Å². The van der Waals surface area contributed by atoms with E-state index in [1.807, 2.05) is 52.0 Å². The molecule has 0 spiro atoms. The van der Waals surface area contributed by atoms with Crippen LogP contribution in [0.5, 0.6) is 0 Å². The van der Waals surface area contributed by atoms with E-state index in [0.29, 0.717) is 13.0 Å². The van der Waals surface area contributed by atoms with Crippen LogP contribution in [0.25, 0.3) is 11.1 Å². The largest absolute Gasteiger partial charge is 0.480 e. The van der Waals surface area contributed by atoms with E-state index >= 15 is 0 Å². The van der Waals surface area contributed by atoms with Crippen LogP contribution in [0, 0.1) is 5.41 Å². The Hall–Kier alpha value is -3.35. The van der Waals surface area contributed by atoms with Crippen LogP contribution in [0.4, 0.5) is 4.79 Å². The van der Waals surface area contributed by atoms with Crippen molar-refractivity contribution in [2.45, 2.75) is 58.9 Å². The number of rotatable bonds is 10. The number of hydrogen-bond donors (Lipinski definition) is 2. The first-order valence-electron chi connectivity index (χ1n) is 12.2. The van der Waals surface area contributed by atoms with Crippen LogP contribution < -0.4 is 5.32 Å². The van der Waals surface area contributed by atoms with E-state index in [1.54, 1.807) is 0 Å². The van der Waals surface area contributed by atoms with Crippen LogP contribution in [0.2, 0.25) is 0 Å². The number of amides is 2. The summed E-state index contributed by atoms with van der Waals surface area (Å²) in [5, 5.41) is 12.1. The lowest BCUT2D eigenvalue weighted by Gasteiger charge is -2.30. The fourth-order valence-corrected chi connectivity index (χ4v) is 4.69. The monoisotopic (exact) mass is 480 g/mol. The summed E-state index contributed by atoms with van der Waals surface area (Å²) in [7, 11) is 0. The minimum Gasteiger partial charge on any atom is -0.480 e. The van der Waals surface area contributed by atoms with Gasteiger partial charge in [0.15, 0.2) is 0 Å². The van der Waals surface area contributed by atoms with Crippen molar-refractivity contribution >= 4 is 18.0 Å². The maximum atomic E-state index is 12.9. The molecule has 0 unspecified atom stereocenters. The Morgan fingerprint density at radius 1 is 1.03 bits per heavy atom. The molecular weight excluding hydrogens is 444 g/mol. The topological polar surface area (TPSA) is 95.9 Å². The van der Waals surface area contributed by atoms with Gasteiger partial charge in [-0.2, -0.15) is 0 Å². The molecule has 2 amide bonds. The quantitative estimate of drug-likeness (QED) is 0.496. The first kappa shape index (κ1) is 26.3. The van der Waals surface area contributed by atoms with E-state index < -0.39 is 18.1 Å². The number of fused-ring (bicyclic) bond motifs is 3. The molecule has 0 radical (unpaired) electrons. The Morgan fingerprint density at radius 3 is 2.11 bits per heavy atom. The second-order valence-electron chi connectivity index (χ2n) is 10.4. The van der Waals surface area contributed by atoms with E-state index in [-0.39, 0.29) is 36.8 Å². The van der Waals surface area contributed by atoms with Gasteiger partial charge in [0.2, 0.25) is 5.91 Å². The number of carboxylic acid groups (broad SMARTS) is 1. The van der Waals surface area contributed by atoms with Crippen molar-refractivity contribution in [2.24, 2.45) is 5.41 Å². The normalized spacial score (nSPS) is 13.5. The second kappa shape index (κ2) is 11.4. The summed E-state index contributed by atoms with van der Waals surface area (Å²) in [5.41, 5.74) is 4.33. The summed E-state index contributed by atoms with van der Waals surface area (Å²) < 4.78 is 5.63. The lowest BCUT2D eigenvalue weighted by molar-refractivity contribution is -0.145. The highest BCUT2D eigenvalue weighted by atomic mass is 16.5. The molecular formula is C28H36N2O5. The first-order valence-corrected chi connectivity index (χ1v) is 12.2. The fraction of sp³-hybridized carbons (Fsp3) is 0.464. The van der Waals surface area contributed by atoms with Gasteiger partial charge in [-0.25, -0.2) is 4.79 Å². The lowest BCUT2D eigenvalue weighted by atomic mass is 9.95. The van der Waals surface area contributed by atoms with Gasteiger partial charge >= 0.3 is 12.1 Å². The van der Waals surface area contributed by atoms with E-state index in [9.17, 15) is 19.5 Å². The molecule has 0 heterocycles. The van der Waals surface area contributed by atoms with Crippen molar-refractivity contribution in [1.82, 2.24) is 10.2 Å². The molecule has 188 valence electrons. The number of nitrogens with zero attached hydrogens (tertiary/aromatic N) is 1. The summed E-state index contributed by atoms with van der Waals surface area (Å²) in [4.78, 5) is 38.3. The molecule has 2 aromatic carbocycles. The summed E-state index contributed by atoms with van der Waals surface area (Å²) in [6.45, 7) is 7.99. The van der Waals surface area contributed by atoms with Crippen LogP contribution in [-0.4, -0.2) is 53.7 Å². The number of benzene rings is 2. The standard InChI is InChI=1S/C28H36N2O5/c1-5-10-19(15-25(31)30(16-26(32)33)18-28(2,3)4)29-27(34)35-17-24-22-13-8-6-11-20(22)21-12-7-9-14-23(21)24/h6-9,11-14,19,24H,5,10,15-18H2,1-4H3,(H,29,34)(H,32,33)/t19-/m1/s1. The summed E-state index contributed by atoms with van der Waals surface area (Å²) in [5.74, 6) is -1.39. The number of carboxylic acids is 1. The Labute approximate surface area is 207 Å². The van der Waals surface area contributed by atoms with Crippen LogP contribution in [-0.2, 0) is 14.3 Å². The van der Waals surface area contributed by atoms with Crippen molar-refractivity contribution in [1.29, 1.82) is 0 Å². The average Bonchev–Trinajstić information content (AvgIpc) is 3.10. The number of ether oxygens (including phenoxy) is 1. The summed E-state index contributed by atoms with van der Waals surface area (Å²) in [6, 6.07) is 15.8. The molecule has 0 saturated heterocycles. The maximum absolute atomic E-state index is 12.9. The van der Waals surface area contributed by atoms with Crippen LogP contribution >= 0.6 is 0 Å². The van der Waals surface area contributed by atoms with Gasteiger partial charge in [0.05, 0.1) is 0 Å². The van der Waals surface area contributed by atoms with Gasteiger partial charge in [-0.15, -0.1) is 0 Å². The minimum absolute atomic E-state index is 0.0292. The Bertz CT molecular complexity index is 1010. The Morgan fingerprint density at radius 2 is 1.60 bits per heavy atom. The van der Waals surface area contributed by atoms with Crippen LogP contribution in [0.15, 0.2) is 48.5 Å². The predicted molar refractivity (Wildman–Crippen MR) is 135 cm³/mol. The van der Waals surface area contributed by atoms with Crippen molar-refractivity contribution < 1.29 is 24.2 Å². The SMILES string of the molecule is CCC[C@H](CC(=O)N(CC(=O)O)CC(C)(C)C)NC(=O)OCC1c2ccccc2-c2ccccc21. The number of hydrogen-bond acceptors (Lipinski definition) is 4. The molecule has 0 aliphatic heterocycles. The minimum atomic E-state index is -1.06. The van der Waals surface area contributed by atoms with Gasteiger partial charge in [-0.1, -0.05) is 82.6 Å². The molecule has 0 aromatic heterocycles. The molecule has 2 N–H and O–H groups in total. The number of alkyl carbamates (subject to hydrolysis) is 1. The van der Waals surface area contributed by atoms with Crippen molar-refractivity contribution in [3.63, 3.8) is 0 Å². The second-order valence-corrected chi connectivity index (χ2v) is 10.4. The zero-order chi connectivity index (χ0) is 25.6.